The Morgan fingerprint density at radius 3 is 2.86 bits per heavy atom. The van der Waals surface area contributed by atoms with Crippen LogP contribution in [0, 0.1) is 6.92 Å². The smallest absolute Gasteiger partial charge is 0.145 e. The van der Waals surface area contributed by atoms with E-state index in [9.17, 15) is 0 Å². The van der Waals surface area contributed by atoms with Crippen molar-refractivity contribution in [3.63, 3.8) is 0 Å². The third-order valence-corrected chi connectivity index (χ3v) is 2.41. The lowest BCUT2D eigenvalue weighted by Gasteiger charge is -2.28. The van der Waals surface area contributed by atoms with Crippen molar-refractivity contribution in [2.24, 2.45) is 5.73 Å². The fourth-order valence-electron chi connectivity index (χ4n) is 1.49. The van der Waals surface area contributed by atoms with Gasteiger partial charge in [-0.05, 0) is 12.5 Å². The standard InChI is InChI=1S/C11H15NO2/c1-8-3-2-4-9(5-12)11(8)14-10-6-13-7-10/h2-4,10H,5-7,12H2,1H3. The summed E-state index contributed by atoms with van der Waals surface area (Å²) in [5.74, 6) is 0.934. The number of aryl methyl sites for hydroxylation is 1. The lowest BCUT2D eigenvalue weighted by atomic mass is 10.1. The van der Waals surface area contributed by atoms with Gasteiger partial charge in [-0.15, -0.1) is 0 Å². The predicted octanol–water partition coefficient (Wildman–Crippen LogP) is 1.23. The van der Waals surface area contributed by atoms with Crippen molar-refractivity contribution >= 4 is 0 Å². The number of rotatable bonds is 3. The van der Waals surface area contributed by atoms with Crippen LogP contribution in [0.5, 0.6) is 5.75 Å². The number of para-hydroxylation sites is 1. The molecular weight excluding hydrogens is 178 g/mol. The van der Waals surface area contributed by atoms with E-state index in [1.165, 1.54) is 0 Å². The molecule has 1 heterocycles. The SMILES string of the molecule is Cc1cccc(CN)c1OC1COC1. The Labute approximate surface area is 83.8 Å². The second-order valence-electron chi connectivity index (χ2n) is 3.54. The van der Waals surface area contributed by atoms with Crippen LogP contribution in [0.15, 0.2) is 18.2 Å². The number of benzene rings is 1. The summed E-state index contributed by atoms with van der Waals surface area (Å²) >= 11 is 0. The largest absolute Gasteiger partial charge is 0.485 e. The Morgan fingerprint density at radius 1 is 1.50 bits per heavy atom. The molecule has 2 rings (SSSR count). The molecule has 0 aliphatic carbocycles. The maximum absolute atomic E-state index is 5.80. The zero-order valence-corrected chi connectivity index (χ0v) is 8.32. The van der Waals surface area contributed by atoms with Crippen LogP contribution in [-0.2, 0) is 11.3 Å². The van der Waals surface area contributed by atoms with Crippen LogP contribution < -0.4 is 10.5 Å². The molecule has 1 aliphatic rings. The molecular formula is C11H15NO2. The van der Waals surface area contributed by atoms with Gasteiger partial charge in [0, 0.05) is 12.1 Å². The average molecular weight is 193 g/mol. The molecule has 2 N–H and O–H groups in total. The third kappa shape index (κ3) is 1.74. The number of hydrogen-bond acceptors (Lipinski definition) is 3. The minimum absolute atomic E-state index is 0.210. The highest BCUT2D eigenvalue weighted by molar-refractivity contribution is 5.40. The van der Waals surface area contributed by atoms with Crippen molar-refractivity contribution < 1.29 is 9.47 Å². The third-order valence-electron chi connectivity index (χ3n) is 2.41. The quantitative estimate of drug-likeness (QED) is 0.785. The van der Waals surface area contributed by atoms with Gasteiger partial charge in [-0.25, -0.2) is 0 Å². The van der Waals surface area contributed by atoms with Crippen LogP contribution in [-0.4, -0.2) is 19.3 Å². The van der Waals surface area contributed by atoms with E-state index in [0.29, 0.717) is 19.8 Å². The Balaban J connectivity index is 2.19. The molecule has 1 aliphatic heterocycles. The first-order valence-corrected chi connectivity index (χ1v) is 4.84. The van der Waals surface area contributed by atoms with E-state index in [1.807, 2.05) is 25.1 Å². The second-order valence-corrected chi connectivity index (χ2v) is 3.54. The van der Waals surface area contributed by atoms with Crippen molar-refractivity contribution in [2.45, 2.75) is 19.6 Å². The molecule has 0 amide bonds. The maximum Gasteiger partial charge on any atom is 0.145 e. The lowest BCUT2D eigenvalue weighted by molar-refractivity contribution is -0.0802. The summed E-state index contributed by atoms with van der Waals surface area (Å²) in [6, 6.07) is 6.04. The first-order valence-electron chi connectivity index (χ1n) is 4.84. The highest BCUT2D eigenvalue weighted by Crippen LogP contribution is 2.25. The van der Waals surface area contributed by atoms with Gasteiger partial charge in [0.2, 0.25) is 0 Å². The molecule has 0 atom stereocenters. The first kappa shape index (κ1) is 9.49. The molecule has 1 aromatic rings. The molecule has 0 unspecified atom stereocenters. The van der Waals surface area contributed by atoms with E-state index < -0.39 is 0 Å². The molecule has 3 heteroatoms. The van der Waals surface area contributed by atoms with Gasteiger partial charge in [0.25, 0.3) is 0 Å². The molecule has 76 valence electrons. The molecule has 1 fully saturated rings. The molecule has 3 nitrogen and oxygen atoms in total. The summed E-state index contributed by atoms with van der Waals surface area (Å²) in [6.45, 7) is 3.94. The monoisotopic (exact) mass is 193 g/mol. The highest BCUT2D eigenvalue weighted by Gasteiger charge is 2.21. The highest BCUT2D eigenvalue weighted by atomic mass is 16.6. The number of hydrogen-bond donors (Lipinski definition) is 1. The van der Waals surface area contributed by atoms with Crippen molar-refractivity contribution in [1.82, 2.24) is 0 Å². The topological polar surface area (TPSA) is 44.5 Å². The number of ether oxygens (including phenoxy) is 2. The molecule has 1 saturated heterocycles. The summed E-state index contributed by atoms with van der Waals surface area (Å²) in [6.07, 6.45) is 0.210. The average Bonchev–Trinajstić information content (AvgIpc) is 2.12. The maximum atomic E-state index is 5.80. The van der Waals surface area contributed by atoms with Crippen molar-refractivity contribution in [2.75, 3.05) is 13.2 Å². The van der Waals surface area contributed by atoms with Gasteiger partial charge in [0.05, 0.1) is 13.2 Å². The van der Waals surface area contributed by atoms with Crippen molar-refractivity contribution in [3.05, 3.63) is 29.3 Å². The van der Waals surface area contributed by atoms with Crippen molar-refractivity contribution in [1.29, 1.82) is 0 Å². The molecule has 14 heavy (non-hydrogen) atoms. The fourth-order valence-corrected chi connectivity index (χ4v) is 1.49. The van der Waals surface area contributed by atoms with Gasteiger partial charge in [0.15, 0.2) is 0 Å². The zero-order valence-electron chi connectivity index (χ0n) is 8.32. The van der Waals surface area contributed by atoms with E-state index in [2.05, 4.69) is 0 Å². The van der Waals surface area contributed by atoms with Crippen molar-refractivity contribution in [3.8, 4) is 5.75 Å². The minimum atomic E-state index is 0.210. The van der Waals surface area contributed by atoms with Crippen LogP contribution in [0.3, 0.4) is 0 Å². The van der Waals surface area contributed by atoms with E-state index in [4.69, 9.17) is 15.2 Å². The zero-order chi connectivity index (χ0) is 9.97. The molecule has 0 aromatic heterocycles. The van der Waals surface area contributed by atoms with Gasteiger partial charge in [0.1, 0.15) is 11.9 Å². The Morgan fingerprint density at radius 2 is 2.29 bits per heavy atom. The summed E-state index contributed by atoms with van der Waals surface area (Å²) < 4.78 is 10.9. The summed E-state index contributed by atoms with van der Waals surface area (Å²) in [5.41, 5.74) is 7.85. The molecule has 0 bridgehead atoms. The van der Waals surface area contributed by atoms with Gasteiger partial charge in [-0.1, -0.05) is 18.2 Å². The van der Waals surface area contributed by atoms with Crippen LogP contribution >= 0.6 is 0 Å². The molecule has 0 spiro atoms. The summed E-state index contributed by atoms with van der Waals surface area (Å²) in [7, 11) is 0. The van der Waals surface area contributed by atoms with E-state index in [1.54, 1.807) is 0 Å². The predicted molar refractivity (Wildman–Crippen MR) is 54.3 cm³/mol. The minimum Gasteiger partial charge on any atom is -0.485 e. The van der Waals surface area contributed by atoms with Crippen LogP contribution in [0.1, 0.15) is 11.1 Å². The summed E-state index contributed by atoms with van der Waals surface area (Å²) in [5, 5.41) is 0. The van der Waals surface area contributed by atoms with Gasteiger partial charge in [-0.3, -0.25) is 0 Å². The lowest BCUT2D eigenvalue weighted by Crippen LogP contribution is -2.39. The van der Waals surface area contributed by atoms with Gasteiger partial charge < -0.3 is 15.2 Å². The van der Waals surface area contributed by atoms with Crippen LogP contribution in [0.25, 0.3) is 0 Å². The van der Waals surface area contributed by atoms with Crippen LogP contribution in [0.4, 0.5) is 0 Å². The summed E-state index contributed by atoms with van der Waals surface area (Å²) in [4.78, 5) is 0. The Hall–Kier alpha value is -1.06. The van der Waals surface area contributed by atoms with E-state index in [0.717, 1.165) is 16.9 Å². The van der Waals surface area contributed by atoms with E-state index in [-0.39, 0.29) is 6.10 Å². The normalized spacial score (nSPS) is 16.4. The molecule has 1 aromatic carbocycles. The molecule has 0 radical (unpaired) electrons. The van der Waals surface area contributed by atoms with Gasteiger partial charge >= 0.3 is 0 Å². The van der Waals surface area contributed by atoms with Crippen LogP contribution in [0.2, 0.25) is 0 Å². The van der Waals surface area contributed by atoms with Gasteiger partial charge in [-0.2, -0.15) is 0 Å². The number of nitrogens with two attached hydrogens (primary N) is 1. The Kier molecular flexibility index (Phi) is 2.70. The fraction of sp³-hybridized carbons (Fsp3) is 0.455. The molecule has 0 saturated carbocycles. The van der Waals surface area contributed by atoms with E-state index >= 15 is 0 Å². The Bertz CT molecular complexity index is 321. The first-order chi connectivity index (χ1) is 6.81. The second kappa shape index (κ2) is 3.98.